The summed E-state index contributed by atoms with van der Waals surface area (Å²) in [6, 6.07) is 24.1. The number of fused-ring (bicyclic) bond motifs is 3. The second-order valence-corrected chi connectivity index (χ2v) is 19.3. The molecule has 382 valence electrons. The summed E-state index contributed by atoms with van der Waals surface area (Å²) >= 11 is 1.89. The van der Waals surface area contributed by atoms with Crippen molar-refractivity contribution in [2.24, 2.45) is 5.73 Å². The van der Waals surface area contributed by atoms with Crippen LogP contribution in [0.3, 0.4) is 0 Å². The number of unbranched alkanes of at least 4 members (excludes halogenated alkanes) is 1. The molecule has 10 heteroatoms. The SMILES string of the molecule is C=C(NCCCC)c1cccc(-c2nc(NC(=C)C3(c4ccc5c(c4)CC(F)(F)C5)CC3)ccc2C)c1.C=C/C=C/CN(C)C.C=CCCc1ccc(C(=C)N2CC3CC(C2)N3C)s1.CC.CC.CN. The van der Waals surface area contributed by atoms with E-state index in [0.29, 0.717) is 0 Å². The second kappa shape index (κ2) is 29.3. The molecule has 2 bridgehead atoms. The smallest absolute Gasteiger partial charge is 0.256 e. The van der Waals surface area contributed by atoms with Crippen molar-refractivity contribution >= 4 is 28.5 Å². The zero-order valence-electron chi connectivity index (χ0n) is 44.6. The lowest BCUT2D eigenvalue weighted by Gasteiger charge is -2.55. The number of aromatic nitrogens is 1. The lowest BCUT2D eigenvalue weighted by Crippen LogP contribution is -2.66. The Morgan fingerprint density at radius 2 is 1.61 bits per heavy atom. The van der Waals surface area contributed by atoms with Gasteiger partial charge in [-0.1, -0.05) is 134 Å². The minimum Gasteiger partial charge on any atom is -0.385 e. The summed E-state index contributed by atoms with van der Waals surface area (Å²) < 4.78 is 27.9. The Morgan fingerprint density at radius 1 is 0.929 bits per heavy atom. The predicted octanol–water partition coefficient (Wildman–Crippen LogP) is 14.0. The molecule has 4 aromatic rings. The number of hydrogen-bond acceptors (Lipinski definition) is 8. The Kier molecular flexibility index (Phi) is 24.7. The minimum atomic E-state index is -2.63. The van der Waals surface area contributed by atoms with E-state index in [2.05, 4.69) is 127 Å². The first-order valence-electron chi connectivity index (χ1n) is 25.5. The number of hydrogen-bond donors (Lipinski definition) is 3. The van der Waals surface area contributed by atoms with Crippen LogP contribution in [0.4, 0.5) is 14.6 Å². The number of piperidine rings is 1. The number of alkyl halides is 2. The number of benzene rings is 2. The molecule has 9 rings (SSSR count). The van der Waals surface area contributed by atoms with Crippen molar-refractivity contribution in [2.45, 2.75) is 123 Å². The molecule has 2 aromatic carbocycles. The highest BCUT2D eigenvalue weighted by Crippen LogP contribution is 2.54. The van der Waals surface area contributed by atoms with Crippen LogP contribution >= 0.6 is 11.3 Å². The topological polar surface area (TPSA) is 72.7 Å². The van der Waals surface area contributed by atoms with Gasteiger partial charge in [-0.2, -0.15) is 0 Å². The molecular formula is C60H87F2N7S. The van der Waals surface area contributed by atoms with Gasteiger partial charge in [0.1, 0.15) is 5.82 Å². The van der Waals surface area contributed by atoms with E-state index in [9.17, 15) is 8.78 Å². The summed E-state index contributed by atoms with van der Waals surface area (Å²) in [5.74, 6) is -1.90. The molecule has 70 heavy (non-hydrogen) atoms. The highest BCUT2D eigenvalue weighted by atomic mass is 32.1. The monoisotopic (exact) mass is 976 g/mol. The first-order chi connectivity index (χ1) is 33.7. The van der Waals surface area contributed by atoms with Gasteiger partial charge in [-0.25, -0.2) is 13.8 Å². The number of halogens is 2. The Morgan fingerprint density at radius 3 is 2.23 bits per heavy atom. The number of pyridine rings is 1. The van der Waals surface area contributed by atoms with Gasteiger partial charge in [-0.3, -0.25) is 4.90 Å². The summed E-state index contributed by atoms with van der Waals surface area (Å²) in [6.07, 6.45) is 15.1. The molecule has 0 amide bonds. The van der Waals surface area contributed by atoms with Crippen LogP contribution < -0.4 is 16.4 Å². The molecule has 2 aliphatic carbocycles. The average Bonchev–Trinajstić information content (AvgIpc) is 3.95. The van der Waals surface area contributed by atoms with Crippen molar-refractivity contribution in [3.63, 3.8) is 0 Å². The van der Waals surface area contributed by atoms with E-state index < -0.39 is 5.92 Å². The molecule has 5 heterocycles. The van der Waals surface area contributed by atoms with Crippen molar-refractivity contribution < 1.29 is 8.78 Å². The maximum absolute atomic E-state index is 13.9. The zero-order valence-corrected chi connectivity index (χ0v) is 45.4. The van der Waals surface area contributed by atoms with Gasteiger partial charge in [0, 0.05) is 84.1 Å². The molecule has 2 unspecified atom stereocenters. The normalized spacial score (nSPS) is 17.4. The molecule has 1 saturated carbocycles. The number of rotatable bonds is 18. The fraction of sp³-hybridized carbons (Fsp3) is 0.450. The van der Waals surface area contributed by atoms with Gasteiger partial charge >= 0.3 is 0 Å². The standard InChI is InChI=1S/C32H35F2N3.C16H22N2S.C7H13N.2C2H6.CH5N/c1-5-6-16-35-22(3)24-8-7-9-25(17-24)30-21(2)10-13-29(37-30)36-23(4)31(14-15-31)28-12-11-26-19-32(33,34)20-27(26)18-28;1-4-5-6-15-7-8-16(19-15)12(2)18-10-13-9-14(11-18)17(13)3;1-4-5-6-7-8(2)3;3*1-2/h7-13,17-18,35H,3-6,14-16,19-20H2,1-2H3,(H,36,37);4,7-8,13-14H,1-2,5-6,9-11H2,3H3;4-6H,1,7H2,2-3H3;2*1-2H3;2H2,1H3/b;;6-5+;;;. The quantitative estimate of drug-likeness (QED) is 0.0521. The fourth-order valence-corrected chi connectivity index (χ4v) is 9.78. The van der Waals surface area contributed by atoms with Crippen LogP contribution in [0.5, 0.6) is 0 Å². The lowest BCUT2D eigenvalue weighted by atomic mass is 9.88. The maximum Gasteiger partial charge on any atom is 0.256 e. The Bertz CT molecular complexity index is 2310. The Labute approximate surface area is 427 Å². The van der Waals surface area contributed by atoms with Gasteiger partial charge < -0.3 is 26.2 Å². The third-order valence-electron chi connectivity index (χ3n) is 12.9. The van der Waals surface area contributed by atoms with Crippen LogP contribution in [0.15, 0.2) is 130 Å². The van der Waals surface area contributed by atoms with E-state index in [1.54, 1.807) is 6.08 Å². The van der Waals surface area contributed by atoms with Crippen molar-refractivity contribution in [3.05, 3.63) is 167 Å². The third-order valence-corrected chi connectivity index (χ3v) is 14.1. The number of aryl methyl sites for hydroxylation is 2. The van der Waals surface area contributed by atoms with Crippen LogP contribution in [0, 0.1) is 6.92 Å². The molecule has 2 atom stereocenters. The number of nitrogens with zero attached hydrogens (tertiary/aromatic N) is 4. The number of nitrogens with two attached hydrogens (primary N) is 1. The first kappa shape index (κ1) is 59.2. The molecule has 2 aromatic heterocycles. The summed E-state index contributed by atoms with van der Waals surface area (Å²) in [4.78, 5) is 14.8. The fourth-order valence-electron chi connectivity index (χ4n) is 8.76. The van der Waals surface area contributed by atoms with E-state index >= 15 is 0 Å². The van der Waals surface area contributed by atoms with Crippen LogP contribution in [-0.4, -0.2) is 92.1 Å². The minimum absolute atomic E-state index is 0.159. The van der Waals surface area contributed by atoms with Crippen LogP contribution in [-0.2, 0) is 24.7 Å². The third kappa shape index (κ3) is 16.5. The van der Waals surface area contributed by atoms with Crippen LogP contribution in [0.2, 0.25) is 0 Å². The van der Waals surface area contributed by atoms with E-state index in [0.717, 1.165) is 133 Å². The molecule has 5 aliphatic rings. The number of nitrogens with one attached hydrogen (secondary N) is 2. The number of piperazine rings is 1. The molecular weight excluding hydrogens is 889 g/mol. The maximum atomic E-state index is 13.9. The summed E-state index contributed by atoms with van der Waals surface area (Å²) in [6.45, 7) is 36.6. The molecule has 0 spiro atoms. The van der Waals surface area contributed by atoms with Crippen molar-refractivity contribution in [2.75, 3.05) is 59.7 Å². The zero-order chi connectivity index (χ0) is 52.0. The van der Waals surface area contributed by atoms with Gasteiger partial charge in [0.05, 0.1) is 10.6 Å². The number of anilines is 1. The molecule has 3 saturated heterocycles. The largest absolute Gasteiger partial charge is 0.385 e. The highest BCUT2D eigenvalue weighted by Gasteiger charge is 2.48. The van der Waals surface area contributed by atoms with Crippen molar-refractivity contribution in [1.82, 2.24) is 25.0 Å². The van der Waals surface area contributed by atoms with E-state index in [1.807, 2.05) is 95.6 Å². The van der Waals surface area contributed by atoms with Crippen molar-refractivity contribution in [1.29, 1.82) is 0 Å². The van der Waals surface area contributed by atoms with Gasteiger partial charge in [0.15, 0.2) is 0 Å². The highest BCUT2D eigenvalue weighted by molar-refractivity contribution is 7.13. The number of allylic oxidation sites excluding steroid dienone is 4. The van der Waals surface area contributed by atoms with Crippen LogP contribution in [0.25, 0.3) is 22.7 Å². The van der Waals surface area contributed by atoms with Gasteiger partial charge in [-0.15, -0.1) is 17.9 Å². The van der Waals surface area contributed by atoms with E-state index in [-0.39, 0.29) is 18.3 Å². The lowest BCUT2D eigenvalue weighted by molar-refractivity contribution is -0.0292. The number of likely N-dealkylation sites (N-methyl/N-ethyl adjacent to an activating group) is 2. The molecule has 0 radical (unpaired) electrons. The van der Waals surface area contributed by atoms with E-state index in [1.165, 1.54) is 28.9 Å². The first-order valence-corrected chi connectivity index (χ1v) is 26.3. The van der Waals surface area contributed by atoms with Crippen LogP contribution in [0.1, 0.15) is 111 Å². The van der Waals surface area contributed by atoms with Crippen molar-refractivity contribution in [3.8, 4) is 11.3 Å². The molecule has 3 aliphatic heterocycles. The predicted molar refractivity (Wildman–Crippen MR) is 303 cm³/mol. The van der Waals surface area contributed by atoms with Gasteiger partial charge in [0.2, 0.25) is 0 Å². The molecule has 4 N–H and O–H groups in total. The number of thiophene rings is 1. The summed E-state index contributed by atoms with van der Waals surface area (Å²) in [7, 11) is 7.82. The summed E-state index contributed by atoms with van der Waals surface area (Å²) in [5.41, 5.74) is 13.9. The average molecular weight is 976 g/mol. The second-order valence-electron chi connectivity index (χ2n) is 18.2. The molecule has 7 nitrogen and oxygen atoms in total. The van der Waals surface area contributed by atoms with E-state index in [4.69, 9.17) is 4.98 Å². The Hall–Kier alpha value is -5.13. The summed E-state index contributed by atoms with van der Waals surface area (Å²) in [5, 5.41) is 6.86. The molecule has 4 fully saturated rings. The van der Waals surface area contributed by atoms with Gasteiger partial charge in [0.25, 0.3) is 5.92 Å². The Balaban J connectivity index is 0.000000326. The van der Waals surface area contributed by atoms with Gasteiger partial charge in [-0.05, 0) is 126 Å².